The first-order valence-corrected chi connectivity index (χ1v) is 24.8. The van der Waals surface area contributed by atoms with Gasteiger partial charge in [-0.3, -0.25) is 0 Å². The van der Waals surface area contributed by atoms with Gasteiger partial charge in [-0.1, -0.05) is 119 Å². The fourth-order valence-corrected chi connectivity index (χ4v) is 16.8. The molecule has 3 heteroatoms. The molecule has 4 atom stereocenters. The zero-order valence-electron chi connectivity index (χ0n) is 36.2. The van der Waals surface area contributed by atoms with E-state index in [-0.39, 0.29) is 21.9 Å². The minimum Gasteiger partial charge on any atom is -0.360 e. The Labute approximate surface area is 346 Å². The molecule has 0 saturated heterocycles. The summed E-state index contributed by atoms with van der Waals surface area (Å²) in [5.41, 5.74) is 18.0. The maximum atomic E-state index is 3.20. The lowest BCUT2D eigenvalue weighted by Gasteiger charge is -2.59. The van der Waals surface area contributed by atoms with Crippen LogP contribution in [0.1, 0.15) is 209 Å². The number of rotatable bonds is 3. The highest BCUT2D eigenvalue weighted by atomic mass is 15.3. The van der Waals surface area contributed by atoms with Crippen LogP contribution in [0.15, 0.2) is 59.7 Å². The van der Waals surface area contributed by atoms with Crippen molar-refractivity contribution in [2.24, 2.45) is 11.8 Å². The van der Waals surface area contributed by atoms with Gasteiger partial charge in [-0.15, -0.1) is 0 Å². The van der Waals surface area contributed by atoms with Crippen LogP contribution in [0.25, 0.3) is 0 Å². The van der Waals surface area contributed by atoms with Gasteiger partial charge in [0.05, 0.1) is 0 Å². The summed E-state index contributed by atoms with van der Waals surface area (Å²) in [6.45, 7) is 11.3. The molecule has 4 heterocycles. The summed E-state index contributed by atoms with van der Waals surface area (Å²) in [4.78, 5) is 6.33. The second-order valence-corrected chi connectivity index (χ2v) is 22.5. The summed E-state index contributed by atoms with van der Waals surface area (Å²) in [5.74, 6) is 2.79. The fourth-order valence-electron chi connectivity index (χ4n) is 16.8. The van der Waals surface area contributed by atoms with Crippen LogP contribution in [0.4, 0.5) is 11.4 Å². The molecule has 57 heavy (non-hydrogen) atoms. The Balaban J connectivity index is 1.17. The summed E-state index contributed by atoms with van der Waals surface area (Å²) in [6, 6.07) is 11.9. The predicted molar refractivity (Wildman–Crippen MR) is 242 cm³/mol. The van der Waals surface area contributed by atoms with Gasteiger partial charge in [0.1, 0.15) is 0 Å². The topological polar surface area (TPSA) is 6.48 Å². The van der Waals surface area contributed by atoms with E-state index in [1.165, 1.54) is 148 Å². The zero-order chi connectivity index (χ0) is 38.3. The first kappa shape index (κ1) is 36.2. The summed E-state index contributed by atoms with van der Waals surface area (Å²) >= 11 is 0. The van der Waals surface area contributed by atoms with Gasteiger partial charge in [0.25, 0.3) is 0 Å². The average molecular weight is 759 g/mol. The van der Waals surface area contributed by atoms with E-state index in [0.29, 0.717) is 24.6 Å². The quantitative estimate of drug-likeness (QED) is 0.227. The first-order chi connectivity index (χ1) is 27.8. The molecule has 10 aliphatic rings. The summed E-state index contributed by atoms with van der Waals surface area (Å²) < 4.78 is 0. The van der Waals surface area contributed by atoms with Crippen molar-refractivity contribution >= 4 is 29.0 Å². The van der Waals surface area contributed by atoms with Crippen LogP contribution in [0.2, 0.25) is 0 Å². The molecular weight excluding hydrogens is 687 g/mol. The highest BCUT2D eigenvalue weighted by Crippen LogP contribution is 2.66. The molecule has 0 amide bonds. The number of fused-ring (bicyclic) bond motifs is 6. The van der Waals surface area contributed by atoms with Gasteiger partial charge in [0.15, 0.2) is 0 Å². The molecule has 0 bridgehead atoms. The van der Waals surface area contributed by atoms with Crippen LogP contribution in [-0.2, 0) is 10.8 Å². The lowest BCUT2D eigenvalue weighted by molar-refractivity contribution is 0.165. The Morgan fingerprint density at radius 2 is 1.11 bits per heavy atom. The average Bonchev–Trinajstić information content (AvgIpc) is 3.56. The molecule has 12 rings (SSSR count). The molecular formula is C54H71BN2. The molecule has 0 N–H and O–H groups in total. The van der Waals surface area contributed by atoms with Gasteiger partial charge < -0.3 is 9.80 Å². The van der Waals surface area contributed by atoms with Gasteiger partial charge >= 0.3 is 0 Å². The van der Waals surface area contributed by atoms with Crippen molar-refractivity contribution in [1.82, 2.24) is 0 Å². The van der Waals surface area contributed by atoms with Crippen LogP contribution in [0.3, 0.4) is 0 Å². The van der Waals surface area contributed by atoms with Crippen LogP contribution < -0.4 is 20.7 Å². The van der Waals surface area contributed by atoms with Crippen LogP contribution in [0, 0.1) is 11.8 Å². The first-order valence-electron chi connectivity index (χ1n) is 24.8. The van der Waals surface area contributed by atoms with Crippen molar-refractivity contribution in [2.45, 2.75) is 215 Å². The molecule has 2 spiro atoms. The normalized spacial score (nSPS) is 32.5. The third-order valence-electron chi connectivity index (χ3n) is 19.6. The van der Waals surface area contributed by atoms with Gasteiger partial charge in [0, 0.05) is 56.9 Å². The molecule has 300 valence electrons. The number of hydrogen-bond donors (Lipinski definition) is 0. The monoisotopic (exact) mass is 759 g/mol. The van der Waals surface area contributed by atoms with Crippen LogP contribution in [0.5, 0.6) is 0 Å². The lowest BCUT2D eigenvalue weighted by atomic mass is 9.30. The van der Waals surface area contributed by atoms with Crippen molar-refractivity contribution in [3.05, 3.63) is 82.0 Å². The van der Waals surface area contributed by atoms with Crippen molar-refractivity contribution < 1.29 is 0 Å². The van der Waals surface area contributed by atoms with Crippen molar-refractivity contribution in [2.75, 3.05) is 9.80 Å². The highest BCUT2D eigenvalue weighted by molar-refractivity contribution is 6.94. The van der Waals surface area contributed by atoms with E-state index in [1.54, 1.807) is 44.6 Å². The van der Waals surface area contributed by atoms with E-state index in [9.17, 15) is 0 Å². The lowest BCUT2D eigenvalue weighted by Crippen LogP contribution is -2.68. The van der Waals surface area contributed by atoms with Gasteiger partial charge in [-0.25, -0.2) is 0 Å². The van der Waals surface area contributed by atoms with Crippen LogP contribution in [-0.4, -0.2) is 23.8 Å². The van der Waals surface area contributed by atoms with E-state index >= 15 is 0 Å². The molecule has 2 nitrogen and oxygen atoms in total. The minimum absolute atomic E-state index is 0.0726. The van der Waals surface area contributed by atoms with Gasteiger partial charge in [-0.05, 0) is 155 Å². The SMILES string of the molecule is CC1(C)N2C3=C4B(c5cc(C6C=CCCC6)cc(c52)C12CCCCC2)c1cc(C2C=CCCC2)cc2c1N(C4CC(C1CCCCC1)C3)C(C)(C)C21CCCCC1. The molecule has 2 aromatic rings. The number of nitrogens with zero attached hydrogens (tertiary/aromatic N) is 2. The second-order valence-electron chi connectivity index (χ2n) is 22.5. The maximum absolute atomic E-state index is 3.20. The van der Waals surface area contributed by atoms with E-state index in [4.69, 9.17) is 0 Å². The maximum Gasteiger partial charge on any atom is 0.246 e. The summed E-state index contributed by atoms with van der Waals surface area (Å²) in [6.07, 6.45) is 41.8. The molecule has 0 aromatic heterocycles. The fraction of sp³-hybridized carbons (Fsp3) is 0.667. The van der Waals surface area contributed by atoms with Crippen LogP contribution >= 0.6 is 0 Å². The molecule has 3 saturated carbocycles. The molecule has 0 radical (unpaired) electrons. The third kappa shape index (κ3) is 4.79. The second kappa shape index (κ2) is 12.9. The van der Waals surface area contributed by atoms with Crippen molar-refractivity contribution in [3.8, 4) is 0 Å². The molecule has 6 aliphatic carbocycles. The number of anilines is 2. The largest absolute Gasteiger partial charge is 0.360 e. The Kier molecular flexibility index (Phi) is 8.20. The molecule has 2 aromatic carbocycles. The van der Waals surface area contributed by atoms with E-state index in [2.05, 4.69) is 86.1 Å². The Morgan fingerprint density at radius 3 is 1.68 bits per heavy atom. The Bertz CT molecular complexity index is 2060. The van der Waals surface area contributed by atoms with Crippen molar-refractivity contribution in [1.29, 1.82) is 0 Å². The van der Waals surface area contributed by atoms with E-state index in [0.717, 1.165) is 11.8 Å². The standard InChI is InChI=1S/C54H71BN2/c1-51(2)53(26-16-8-17-27-53)42-30-39(36-20-10-5-11-21-36)32-44-49(42)56(51)46-34-41(38-24-14-7-15-25-38)35-47-48(46)55(44)45-33-40(37-22-12-6-13-23-37)31-43-50(45)57(47)52(3,4)54(43)28-18-9-19-29-54/h10,12,20,22,30-33,36-38,41,46H,5-9,11,13-19,21,23-29,34-35H2,1-4H3. The Morgan fingerprint density at radius 1 is 0.561 bits per heavy atom. The Hall–Kier alpha value is -2.68. The molecule has 4 aliphatic heterocycles. The number of hydrogen-bond acceptors (Lipinski definition) is 2. The third-order valence-corrected chi connectivity index (χ3v) is 19.6. The smallest absolute Gasteiger partial charge is 0.246 e. The highest BCUT2D eigenvalue weighted by Gasteiger charge is 2.66. The van der Waals surface area contributed by atoms with Crippen molar-refractivity contribution in [3.63, 3.8) is 0 Å². The van der Waals surface area contributed by atoms with E-state index in [1.807, 2.05) is 11.2 Å². The predicted octanol–water partition coefficient (Wildman–Crippen LogP) is 12.7. The van der Waals surface area contributed by atoms with E-state index < -0.39 is 0 Å². The molecule has 4 unspecified atom stereocenters. The summed E-state index contributed by atoms with van der Waals surface area (Å²) in [7, 11) is 0. The zero-order valence-corrected chi connectivity index (χ0v) is 36.2. The van der Waals surface area contributed by atoms with Gasteiger partial charge in [-0.2, -0.15) is 0 Å². The minimum atomic E-state index is 0.0726. The summed E-state index contributed by atoms with van der Waals surface area (Å²) in [5, 5.41) is 0. The number of benzene rings is 2. The molecule has 3 fully saturated rings. The number of allylic oxidation sites excluding steroid dienone is 5. The van der Waals surface area contributed by atoms with Gasteiger partial charge in [0.2, 0.25) is 6.71 Å².